The van der Waals surface area contributed by atoms with Crippen molar-refractivity contribution < 1.29 is 9.53 Å². The van der Waals surface area contributed by atoms with Crippen LogP contribution in [-0.4, -0.2) is 74.0 Å². The second-order valence-electron chi connectivity index (χ2n) is 9.01. The van der Waals surface area contributed by atoms with Gasteiger partial charge in [0.2, 0.25) is 0 Å². The van der Waals surface area contributed by atoms with Crippen molar-refractivity contribution in [2.24, 2.45) is 0 Å². The number of benzene rings is 1. The number of aromatic nitrogens is 4. The molecule has 8 nitrogen and oxygen atoms in total. The van der Waals surface area contributed by atoms with Crippen LogP contribution in [0.15, 0.2) is 37.1 Å². The van der Waals surface area contributed by atoms with Crippen LogP contribution in [0.1, 0.15) is 32.8 Å². The minimum Gasteiger partial charge on any atom is -0.444 e. The molecular formula is C22H30N6O2. The highest BCUT2D eigenvalue weighted by Crippen LogP contribution is 2.23. The maximum Gasteiger partial charge on any atom is 0.410 e. The summed E-state index contributed by atoms with van der Waals surface area (Å²) in [6.07, 6.45) is 7.20. The van der Waals surface area contributed by atoms with Gasteiger partial charge in [-0.15, -0.1) is 10.2 Å². The molecule has 8 heteroatoms. The molecule has 1 amide bonds. The van der Waals surface area contributed by atoms with Gasteiger partial charge in [-0.1, -0.05) is 0 Å². The SMILES string of the molecule is CN(CCc1c[nH]c2ccc(-n3cnnc3)cc12)[C@@H]1CCN(C(=O)OC(C)(C)C)C1. The summed E-state index contributed by atoms with van der Waals surface area (Å²) < 4.78 is 7.42. The van der Waals surface area contributed by atoms with Gasteiger partial charge in [0.15, 0.2) is 0 Å². The number of nitrogens with zero attached hydrogens (tertiary/aromatic N) is 5. The summed E-state index contributed by atoms with van der Waals surface area (Å²) in [6.45, 7) is 8.11. The molecule has 1 saturated heterocycles. The van der Waals surface area contributed by atoms with E-state index in [0.29, 0.717) is 6.04 Å². The number of likely N-dealkylation sites (N-methyl/N-ethyl adjacent to an activating group) is 1. The molecule has 4 rings (SSSR count). The van der Waals surface area contributed by atoms with Crippen LogP contribution in [0, 0.1) is 0 Å². The Hall–Kier alpha value is -2.87. The monoisotopic (exact) mass is 410 g/mol. The number of hydrogen-bond acceptors (Lipinski definition) is 5. The first-order valence-electron chi connectivity index (χ1n) is 10.4. The van der Waals surface area contributed by atoms with Crippen LogP contribution in [0.2, 0.25) is 0 Å². The Morgan fingerprint density at radius 2 is 2.07 bits per heavy atom. The average Bonchev–Trinajstić information content (AvgIpc) is 3.45. The van der Waals surface area contributed by atoms with E-state index in [4.69, 9.17) is 4.74 Å². The number of carbonyl (C=O) groups is 1. The van der Waals surface area contributed by atoms with Gasteiger partial charge in [0.1, 0.15) is 18.3 Å². The van der Waals surface area contributed by atoms with Crippen molar-refractivity contribution in [1.82, 2.24) is 29.5 Å². The Bertz CT molecular complexity index is 1000. The minimum absolute atomic E-state index is 0.212. The molecule has 0 aliphatic carbocycles. The molecule has 1 fully saturated rings. The van der Waals surface area contributed by atoms with E-state index in [-0.39, 0.29) is 6.09 Å². The highest BCUT2D eigenvalue weighted by molar-refractivity contribution is 5.85. The summed E-state index contributed by atoms with van der Waals surface area (Å²) in [5.41, 5.74) is 3.00. The number of ether oxygens (including phenoxy) is 1. The highest BCUT2D eigenvalue weighted by Gasteiger charge is 2.31. The predicted molar refractivity (Wildman–Crippen MR) is 116 cm³/mol. The van der Waals surface area contributed by atoms with Crippen LogP contribution in [-0.2, 0) is 11.2 Å². The number of amides is 1. The number of fused-ring (bicyclic) bond motifs is 1. The van der Waals surface area contributed by atoms with E-state index in [0.717, 1.165) is 43.7 Å². The minimum atomic E-state index is -0.456. The topological polar surface area (TPSA) is 79.3 Å². The molecule has 1 atom stereocenters. The summed E-state index contributed by atoms with van der Waals surface area (Å²) in [4.78, 5) is 19.9. The Kier molecular flexibility index (Phi) is 5.51. The van der Waals surface area contributed by atoms with E-state index >= 15 is 0 Å². The Morgan fingerprint density at radius 3 is 2.80 bits per heavy atom. The third-order valence-electron chi connectivity index (χ3n) is 5.64. The molecule has 1 aromatic carbocycles. The van der Waals surface area contributed by atoms with Crippen molar-refractivity contribution in [3.05, 3.63) is 42.6 Å². The second-order valence-corrected chi connectivity index (χ2v) is 9.01. The first-order chi connectivity index (χ1) is 14.3. The summed E-state index contributed by atoms with van der Waals surface area (Å²) in [5, 5.41) is 9.00. The maximum atomic E-state index is 12.3. The van der Waals surface area contributed by atoms with E-state index in [2.05, 4.69) is 51.5 Å². The molecule has 0 saturated carbocycles. The molecule has 0 radical (unpaired) electrons. The Morgan fingerprint density at radius 1 is 1.30 bits per heavy atom. The van der Waals surface area contributed by atoms with Crippen molar-refractivity contribution in [1.29, 1.82) is 0 Å². The molecule has 3 heterocycles. The Balaban J connectivity index is 1.37. The van der Waals surface area contributed by atoms with Crippen molar-refractivity contribution in [2.45, 2.75) is 45.3 Å². The lowest BCUT2D eigenvalue weighted by Crippen LogP contribution is -2.39. The van der Waals surface area contributed by atoms with Crippen molar-refractivity contribution >= 4 is 17.0 Å². The number of hydrogen-bond donors (Lipinski definition) is 1. The average molecular weight is 411 g/mol. The van der Waals surface area contributed by atoms with E-state index in [1.807, 2.05) is 30.2 Å². The summed E-state index contributed by atoms with van der Waals surface area (Å²) in [7, 11) is 2.14. The molecule has 160 valence electrons. The fraction of sp³-hybridized carbons (Fsp3) is 0.500. The molecule has 3 aromatic rings. The fourth-order valence-corrected chi connectivity index (χ4v) is 3.94. The molecule has 2 aromatic heterocycles. The third-order valence-corrected chi connectivity index (χ3v) is 5.64. The quantitative estimate of drug-likeness (QED) is 0.699. The van der Waals surface area contributed by atoms with E-state index in [1.165, 1.54) is 10.9 Å². The highest BCUT2D eigenvalue weighted by atomic mass is 16.6. The molecule has 30 heavy (non-hydrogen) atoms. The number of H-pyrrole nitrogens is 1. The van der Waals surface area contributed by atoms with Gasteiger partial charge in [-0.2, -0.15) is 0 Å². The number of aromatic amines is 1. The lowest BCUT2D eigenvalue weighted by molar-refractivity contribution is 0.0282. The van der Waals surface area contributed by atoms with Crippen molar-refractivity contribution in [2.75, 3.05) is 26.7 Å². The molecule has 0 bridgehead atoms. The lowest BCUT2D eigenvalue weighted by atomic mass is 10.1. The predicted octanol–water partition coefficient (Wildman–Crippen LogP) is 3.23. The van der Waals surface area contributed by atoms with E-state index < -0.39 is 5.60 Å². The van der Waals surface area contributed by atoms with Crippen molar-refractivity contribution in [3.63, 3.8) is 0 Å². The molecular weight excluding hydrogens is 380 g/mol. The Labute approximate surface area is 176 Å². The van der Waals surface area contributed by atoms with Gasteiger partial charge in [0.05, 0.1) is 0 Å². The summed E-state index contributed by atoms with van der Waals surface area (Å²) in [6, 6.07) is 6.68. The van der Waals surface area contributed by atoms with Crippen molar-refractivity contribution in [3.8, 4) is 5.69 Å². The zero-order valence-electron chi connectivity index (χ0n) is 18.1. The van der Waals surface area contributed by atoms with Gasteiger partial charge in [0, 0.05) is 48.5 Å². The van der Waals surface area contributed by atoms with Gasteiger partial charge in [-0.05, 0) is 64.4 Å². The van der Waals surface area contributed by atoms with Gasteiger partial charge in [-0.3, -0.25) is 4.57 Å². The van der Waals surface area contributed by atoms with Crippen LogP contribution in [0.3, 0.4) is 0 Å². The lowest BCUT2D eigenvalue weighted by Gasteiger charge is -2.26. The zero-order valence-corrected chi connectivity index (χ0v) is 18.1. The molecule has 0 unspecified atom stereocenters. The zero-order chi connectivity index (χ0) is 21.3. The first kappa shape index (κ1) is 20.4. The summed E-state index contributed by atoms with van der Waals surface area (Å²) in [5.74, 6) is 0. The largest absolute Gasteiger partial charge is 0.444 e. The van der Waals surface area contributed by atoms with Crippen LogP contribution >= 0.6 is 0 Å². The van der Waals surface area contributed by atoms with Gasteiger partial charge >= 0.3 is 6.09 Å². The van der Waals surface area contributed by atoms with E-state index in [1.54, 1.807) is 12.7 Å². The molecule has 1 N–H and O–H groups in total. The molecule has 0 spiro atoms. The smallest absolute Gasteiger partial charge is 0.410 e. The van der Waals surface area contributed by atoms with Crippen LogP contribution in [0.4, 0.5) is 4.79 Å². The number of carbonyl (C=O) groups excluding carboxylic acids is 1. The molecule has 1 aliphatic rings. The number of likely N-dealkylation sites (tertiary alicyclic amines) is 1. The standard InChI is InChI=1S/C22H30N6O2/c1-22(2,3)30-21(29)27-10-8-18(13-27)26(4)9-7-16-12-23-20-6-5-17(11-19(16)20)28-14-24-25-15-28/h5-6,11-12,14-15,18,23H,7-10,13H2,1-4H3/t18-/m1/s1. The fourth-order valence-electron chi connectivity index (χ4n) is 3.94. The van der Waals surface area contributed by atoms with Gasteiger partial charge in [0.25, 0.3) is 0 Å². The van der Waals surface area contributed by atoms with E-state index in [9.17, 15) is 4.79 Å². The molecule has 1 aliphatic heterocycles. The number of nitrogens with one attached hydrogen (secondary N) is 1. The first-order valence-corrected chi connectivity index (χ1v) is 10.4. The summed E-state index contributed by atoms with van der Waals surface area (Å²) >= 11 is 0. The second kappa shape index (κ2) is 8.10. The van der Waals surface area contributed by atoms with Gasteiger partial charge in [-0.25, -0.2) is 4.79 Å². The number of rotatable bonds is 5. The third kappa shape index (κ3) is 4.48. The maximum absolute atomic E-state index is 12.3. The van der Waals surface area contributed by atoms with Crippen LogP contribution in [0.5, 0.6) is 0 Å². The van der Waals surface area contributed by atoms with Crippen LogP contribution < -0.4 is 0 Å². The van der Waals surface area contributed by atoms with Gasteiger partial charge < -0.3 is 19.5 Å². The van der Waals surface area contributed by atoms with Crippen LogP contribution in [0.25, 0.3) is 16.6 Å². The normalized spacial score (nSPS) is 17.2.